The fourth-order valence-corrected chi connectivity index (χ4v) is 2.07. The Labute approximate surface area is 97.6 Å². The Morgan fingerprint density at radius 3 is 2.69 bits per heavy atom. The molecule has 1 fully saturated rings. The molecule has 1 aliphatic carbocycles. The minimum atomic E-state index is -0.459. The first-order valence-electron chi connectivity index (χ1n) is 6.30. The highest BCUT2D eigenvalue weighted by Gasteiger charge is 2.27. The van der Waals surface area contributed by atoms with Gasteiger partial charge in [0.2, 0.25) is 5.91 Å². The molecule has 1 saturated carbocycles. The molecular weight excluding hydrogens is 204 g/mol. The number of carbonyl (C=O) groups is 1. The van der Waals surface area contributed by atoms with Crippen molar-refractivity contribution in [3.63, 3.8) is 0 Å². The molecule has 0 aromatic rings. The van der Waals surface area contributed by atoms with Gasteiger partial charge in [0.25, 0.3) is 0 Å². The minimum absolute atomic E-state index is 0.101. The standard InChI is InChI=1S/C12H24N2O2/c1-3-8(2)11(13)12(16)14-9-6-4-5-7-10(9)15/h8-11,15H,3-7,13H2,1-2H3,(H,14,16)/t8-,9-,10-,11-/m0/s1. The molecule has 1 rings (SSSR count). The summed E-state index contributed by atoms with van der Waals surface area (Å²) in [5.41, 5.74) is 5.84. The third kappa shape index (κ3) is 3.46. The van der Waals surface area contributed by atoms with Crippen molar-refractivity contribution in [1.82, 2.24) is 5.32 Å². The van der Waals surface area contributed by atoms with Crippen LogP contribution in [0.25, 0.3) is 0 Å². The Kier molecular flexibility index (Phi) is 5.22. The average molecular weight is 228 g/mol. The molecule has 16 heavy (non-hydrogen) atoms. The summed E-state index contributed by atoms with van der Waals surface area (Å²) < 4.78 is 0. The molecule has 1 aliphatic rings. The number of nitrogens with two attached hydrogens (primary N) is 1. The third-order valence-electron chi connectivity index (χ3n) is 3.62. The van der Waals surface area contributed by atoms with E-state index in [-0.39, 0.29) is 17.9 Å². The normalized spacial score (nSPS) is 29.5. The molecule has 4 atom stereocenters. The van der Waals surface area contributed by atoms with Gasteiger partial charge in [-0.05, 0) is 18.8 Å². The van der Waals surface area contributed by atoms with Crippen molar-refractivity contribution in [2.24, 2.45) is 11.7 Å². The quantitative estimate of drug-likeness (QED) is 0.665. The van der Waals surface area contributed by atoms with Gasteiger partial charge in [0.15, 0.2) is 0 Å². The van der Waals surface area contributed by atoms with Gasteiger partial charge >= 0.3 is 0 Å². The lowest BCUT2D eigenvalue weighted by molar-refractivity contribution is -0.125. The molecule has 94 valence electrons. The van der Waals surface area contributed by atoms with E-state index < -0.39 is 12.1 Å². The van der Waals surface area contributed by atoms with Gasteiger partial charge in [-0.25, -0.2) is 0 Å². The Bertz CT molecular complexity index is 233. The number of hydrogen-bond acceptors (Lipinski definition) is 3. The molecule has 0 spiro atoms. The summed E-state index contributed by atoms with van der Waals surface area (Å²) >= 11 is 0. The zero-order valence-electron chi connectivity index (χ0n) is 10.3. The van der Waals surface area contributed by atoms with E-state index in [1.807, 2.05) is 13.8 Å². The predicted molar refractivity (Wildman–Crippen MR) is 63.8 cm³/mol. The summed E-state index contributed by atoms with van der Waals surface area (Å²) in [6, 6.07) is -0.560. The summed E-state index contributed by atoms with van der Waals surface area (Å²) in [6.07, 6.45) is 4.25. The van der Waals surface area contributed by atoms with E-state index in [0.29, 0.717) is 0 Å². The number of aliphatic hydroxyl groups excluding tert-OH is 1. The predicted octanol–water partition coefficient (Wildman–Crippen LogP) is 0.779. The average Bonchev–Trinajstić information content (AvgIpc) is 2.30. The molecular formula is C12H24N2O2. The lowest BCUT2D eigenvalue weighted by Gasteiger charge is -2.30. The van der Waals surface area contributed by atoms with E-state index in [0.717, 1.165) is 32.1 Å². The largest absolute Gasteiger partial charge is 0.391 e. The second-order valence-electron chi connectivity index (χ2n) is 4.88. The molecule has 0 radical (unpaired) electrons. The van der Waals surface area contributed by atoms with E-state index >= 15 is 0 Å². The summed E-state index contributed by atoms with van der Waals surface area (Å²) in [7, 11) is 0. The number of aliphatic hydroxyl groups is 1. The summed E-state index contributed by atoms with van der Waals surface area (Å²) in [4.78, 5) is 11.8. The zero-order valence-corrected chi connectivity index (χ0v) is 10.3. The molecule has 4 heteroatoms. The number of amides is 1. The van der Waals surface area contributed by atoms with Crippen LogP contribution in [0.2, 0.25) is 0 Å². The molecule has 0 aliphatic heterocycles. The van der Waals surface area contributed by atoms with Gasteiger partial charge in [-0.1, -0.05) is 33.1 Å². The lowest BCUT2D eigenvalue weighted by atomic mass is 9.91. The molecule has 0 bridgehead atoms. The van der Waals surface area contributed by atoms with Gasteiger partial charge < -0.3 is 16.2 Å². The molecule has 0 aromatic carbocycles. The molecule has 0 unspecified atom stereocenters. The molecule has 4 nitrogen and oxygen atoms in total. The molecule has 0 heterocycles. The van der Waals surface area contributed by atoms with Crippen molar-refractivity contribution >= 4 is 5.91 Å². The van der Waals surface area contributed by atoms with Crippen LogP contribution in [0.4, 0.5) is 0 Å². The molecule has 1 amide bonds. The van der Waals surface area contributed by atoms with E-state index in [1.165, 1.54) is 0 Å². The first-order valence-corrected chi connectivity index (χ1v) is 6.30. The molecule has 0 saturated heterocycles. The topological polar surface area (TPSA) is 75.4 Å². The third-order valence-corrected chi connectivity index (χ3v) is 3.62. The van der Waals surface area contributed by atoms with Crippen LogP contribution in [-0.4, -0.2) is 29.2 Å². The fraction of sp³-hybridized carbons (Fsp3) is 0.917. The summed E-state index contributed by atoms with van der Waals surface area (Å²) in [6.45, 7) is 3.99. The SMILES string of the molecule is CC[C@H](C)[C@H](N)C(=O)N[C@H]1CCCC[C@@H]1O. The first-order chi connectivity index (χ1) is 7.56. The van der Waals surface area contributed by atoms with Crippen LogP contribution in [-0.2, 0) is 4.79 Å². The van der Waals surface area contributed by atoms with Crippen LogP contribution in [0.1, 0.15) is 46.0 Å². The van der Waals surface area contributed by atoms with Crippen molar-refractivity contribution in [3.8, 4) is 0 Å². The van der Waals surface area contributed by atoms with E-state index in [4.69, 9.17) is 5.73 Å². The van der Waals surface area contributed by atoms with Crippen LogP contribution < -0.4 is 11.1 Å². The molecule has 0 aromatic heterocycles. The number of carbonyl (C=O) groups excluding carboxylic acids is 1. The van der Waals surface area contributed by atoms with E-state index in [9.17, 15) is 9.90 Å². The second-order valence-corrected chi connectivity index (χ2v) is 4.88. The molecule has 4 N–H and O–H groups in total. The van der Waals surface area contributed by atoms with E-state index in [2.05, 4.69) is 5.32 Å². The second kappa shape index (κ2) is 6.21. The highest BCUT2D eigenvalue weighted by atomic mass is 16.3. The maximum atomic E-state index is 11.8. The van der Waals surface area contributed by atoms with Crippen LogP contribution in [0, 0.1) is 5.92 Å². The van der Waals surface area contributed by atoms with E-state index in [1.54, 1.807) is 0 Å². The van der Waals surface area contributed by atoms with Crippen LogP contribution in [0.15, 0.2) is 0 Å². The summed E-state index contributed by atoms with van der Waals surface area (Å²) in [5, 5.41) is 12.6. The van der Waals surface area contributed by atoms with Crippen molar-refractivity contribution in [1.29, 1.82) is 0 Å². The van der Waals surface area contributed by atoms with Gasteiger partial charge in [-0.2, -0.15) is 0 Å². The van der Waals surface area contributed by atoms with Crippen molar-refractivity contribution in [3.05, 3.63) is 0 Å². The van der Waals surface area contributed by atoms with Gasteiger partial charge in [-0.15, -0.1) is 0 Å². The first kappa shape index (κ1) is 13.5. The maximum Gasteiger partial charge on any atom is 0.237 e. The van der Waals surface area contributed by atoms with Crippen LogP contribution in [0.3, 0.4) is 0 Å². The Hall–Kier alpha value is -0.610. The van der Waals surface area contributed by atoms with Crippen molar-refractivity contribution in [2.45, 2.75) is 64.1 Å². The van der Waals surface area contributed by atoms with Crippen LogP contribution in [0.5, 0.6) is 0 Å². The fourth-order valence-electron chi connectivity index (χ4n) is 2.07. The minimum Gasteiger partial charge on any atom is -0.391 e. The maximum absolute atomic E-state index is 11.8. The van der Waals surface area contributed by atoms with Crippen molar-refractivity contribution < 1.29 is 9.90 Å². The highest BCUT2D eigenvalue weighted by molar-refractivity contribution is 5.82. The number of nitrogens with one attached hydrogen (secondary N) is 1. The Morgan fingerprint density at radius 2 is 2.12 bits per heavy atom. The monoisotopic (exact) mass is 228 g/mol. The van der Waals surface area contributed by atoms with Crippen LogP contribution >= 0.6 is 0 Å². The number of rotatable bonds is 4. The number of hydrogen-bond donors (Lipinski definition) is 3. The smallest absolute Gasteiger partial charge is 0.237 e. The summed E-state index contributed by atoms with van der Waals surface area (Å²) in [5.74, 6) is 0.0565. The van der Waals surface area contributed by atoms with Gasteiger partial charge in [0.05, 0.1) is 18.2 Å². The van der Waals surface area contributed by atoms with Gasteiger partial charge in [0.1, 0.15) is 0 Å². The highest BCUT2D eigenvalue weighted by Crippen LogP contribution is 2.18. The zero-order chi connectivity index (χ0) is 12.1. The lowest BCUT2D eigenvalue weighted by Crippen LogP contribution is -2.52. The van der Waals surface area contributed by atoms with Crippen molar-refractivity contribution in [2.75, 3.05) is 0 Å². The Morgan fingerprint density at radius 1 is 1.50 bits per heavy atom. The van der Waals surface area contributed by atoms with Gasteiger partial charge in [-0.3, -0.25) is 4.79 Å². The Balaban J connectivity index is 2.43. The van der Waals surface area contributed by atoms with Gasteiger partial charge in [0, 0.05) is 0 Å².